The first kappa shape index (κ1) is 23.2. The third-order valence-electron chi connectivity index (χ3n) is 4.88. The van der Waals surface area contributed by atoms with Crippen molar-refractivity contribution >= 4 is 67.6 Å². The molecular weight excluding hydrogens is 474 g/mol. The van der Waals surface area contributed by atoms with Crippen molar-refractivity contribution in [3.63, 3.8) is 0 Å². The average molecular weight is 496 g/mol. The molecule has 0 fully saturated rings. The minimum absolute atomic E-state index is 0.191. The van der Waals surface area contributed by atoms with E-state index in [0.717, 1.165) is 22.2 Å². The quantitative estimate of drug-likeness (QED) is 0.212. The molecule has 0 aliphatic heterocycles. The predicted octanol–water partition coefficient (Wildman–Crippen LogP) is 7.08. The number of hydrogen-bond donors (Lipinski definition) is 2. The van der Waals surface area contributed by atoms with Crippen molar-refractivity contribution in [3.05, 3.63) is 77.0 Å². The van der Waals surface area contributed by atoms with E-state index in [1.54, 1.807) is 24.3 Å². The highest BCUT2D eigenvalue weighted by Crippen LogP contribution is 2.27. The smallest absolute Gasteiger partial charge is 0.250 e. The van der Waals surface area contributed by atoms with Gasteiger partial charge in [0, 0.05) is 16.7 Å². The Bertz CT molecular complexity index is 1310. The van der Waals surface area contributed by atoms with Crippen LogP contribution in [0.15, 0.2) is 65.1 Å². The van der Waals surface area contributed by atoms with E-state index in [-0.39, 0.29) is 11.0 Å². The topological polar surface area (TPSA) is 67.2 Å². The van der Waals surface area contributed by atoms with E-state index in [1.165, 1.54) is 35.8 Å². The number of thiazole rings is 1. The summed E-state index contributed by atoms with van der Waals surface area (Å²) in [5.41, 5.74) is 3.12. The summed E-state index contributed by atoms with van der Waals surface area (Å²) < 4.78 is 6.85. The molecule has 0 saturated heterocycles. The Morgan fingerprint density at radius 1 is 1.18 bits per heavy atom. The van der Waals surface area contributed by atoms with Crippen LogP contribution in [0.25, 0.3) is 27.6 Å². The summed E-state index contributed by atoms with van der Waals surface area (Å²) in [6, 6.07) is 17.3. The van der Waals surface area contributed by atoms with Crippen molar-refractivity contribution in [2.45, 2.75) is 26.2 Å². The number of carbonyl (C=O) groups excluding carboxylic acids is 1. The number of halogens is 1. The second kappa shape index (κ2) is 10.7. The summed E-state index contributed by atoms with van der Waals surface area (Å²) in [6.07, 6.45) is 6.35. The third kappa shape index (κ3) is 6.28. The van der Waals surface area contributed by atoms with Crippen LogP contribution in [0.3, 0.4) is 0 Å². The van der Waals surface area contributed by atoms with Crippen LogP contribution in [0.4, 0.5) is 5.13 Å². The molecule has 5 nitrogen and oxygen atoms in total. The number of hydrogen-bond acceptors (Lipinski definition) is 5. The molecule has 2 N–H and O–H groups in total. The maximum absolute atomic E-state index is 12.2. The van der Waals surface area contributed by atoms with Crippen LogP contribution in [0.5, 0.6) is 0 Å². The zero-order chi connectivity index (χ0) is 23.2. The summed E-state index contributed by atoms with van der Waals surface area (Å²) in [6.45, 7) is 2.19. The van der Waals surface area contributed by atoms with Gasteiger partial charge in [0.1, 0.15) is 11.5 Å². The molecule has 0 bridgehead atoms. The van der Waals surface area contributed by atoms with Gasteiger partial charge in [0.25, 0.3) is 0 Å². The van der Waals surface area contributed by atoms with E-state index in [4.69, 9.17) is 28.2 Å². The van der Waals surface area contributed by atoms with Gasteiger partial charge in [0.15, 0.2) is 10.2 Å². The van der Waals surface area contributed by atoms with Gasteiger partial charge in [-0.15, -0.1) is 0 Å². The molecule has 0 saturated carbocycles. The molecule has 8 heteroatoms. The number of unbranched alkanes of at least 4 members (excludes halogenated alkanes) is 1. The van der Waals surface area contributed by atoms with Crippen LogP contribution in [-0.2, 0) is 11.2 Å². The van der Waals surface area contributed by atoms with Crippen LogP contribution in [0, 0.1) is 0 Å². The van der Waals surface area contributed by atoms with E-state index < -0.39 is 0 Å². The average Bonchev–Trinajstić information content (AvgIpc) is 3.43. The number of fused-ring (bicyclic) bond motifs is 1. The van der Waals surface area contributed by atoms with Gasteiger partial charge in [-0.05, 0) is 85.2 Å². The molecule has 2 heterocycles. The number of anilines is 1. The lowest BCUT2D eigenvalue weighted by Gasteiger charge is -2.04. The highest BCUT2D eigenvalue weighted by molar-refractivity contribution is 7.80. The van der Waals surface area contributed by atoms with Gasteiger partial charge in [-0.1, -0.05) is 42.3 Å². The van der Waals surface area contributed by atoms with Gasteiger partial charge in [0.2, 0.25) is 5.91 Å². The second-order valence-electron chi connectivity index (χ2n) is 7.41. The number of aryl methyl sites for hydroxylation is 1. The van der Waals surface area contributed by atoms with Gasteiger partial charge in [-0.2, -0.15) is 0 Å². The maximum Gasteiger partial charge on any atom is 0.250 e. The van der Waals surface area contributed by atoms with Crippen molar-refractivity contribution in [1.29, 1.82) is 0 Å². The first-order valence-corrected chi connectivity index (χ1v) is 12.2. The molecule has 4 rings (SSSR count). The van der Waals surface area contributed by atoms with Gasteiger partial charge in [-0.25, -0.2) is 4.98 Å². The fourth-order valence-corrected chi connectivity index (χ4v) is 4.53. The number of amides is 1. The molecule has 2 aromatic heterocycles. The highest BCUT2D eigenvalue weighted by Gasteiger charge is 2.08. The molecule has 33 heavy (non-hydrogen) atoms. The monoisotopic (exact) mass is 495 g/mol. The lowest BCUT2D eigenvalue weighted by Crippen LogP contribution is -2.32. The third-order valence-corrected chi connectivity index (χ3v) is 6.27. The number of thiocarbonyl (C=S) groups is 1. The minimum Gasteiger partial charge on any atom is -0.457 e. The lowest BCUT2D eigenvalue weighted by molar-refractivity contribution is -0.115. The number of nitrogens with one attached hydrogen (secondary N) is 2. The number of aromatic nitrogens is 1. The van der Waals surface area contributed by atoms with Crippen LogP contribution >= 0.6 is 35.2 Å². The Hall–Kier alpha value is -3.00. The van der Waals surface area contributed by atoms with E-state index in [0.29, 0.717) is 21.7 Å². The predicted molar refractivity (Wildman–Crippen MR) is 141 cm³/mol. The number of benzene rings is 2. The van der Waals surface area contributed by atoms with E-state index in [9.17, 15) is 4.79 Å². The summed E-state index contributed by atoms with van der Waals surface area (Å²) in [5.74, 6) is 0.886. The first-order chi connectivity index (χ1) is 16.0. The molecule has 0 aliphatic carbocycles. The van der Waals surface area contributed by atoms with Gasteiger partial charge >= 0.3 is 0 Å². The fourth-order valence-electron chi connectivity index (χ4n) is 3.21. The Kier molecular flexibility index (Phi) is 7.54. The van der Waals surface area contributed by atoms with Crippen molar-refractivity contribution in [2.24, 2.45) is 0 Å². The molecule has 0 spiro atoms. The van der Waals surface area contributed by atoms with Crippen molar-refractivity contribution in [3.8, 4) is 11.3 Å². The van der Waals surface area contributed by atoms with E-state index >= 15 is 0 Å². The Labute approximate surface area is 206 Å². The van der Waals surface area contributed by atoms with E-state index in [2.05, 4.69) is 34.7 Å². The maximum atomic E-state index is 12.2. The highest BCUT2D eigenvalue weighted by atomic mass is 35.5. The Balaban J connectivity index is 1.32. The zero-order valence-corrected chi connectivity index (χ0v) is 20.3. The Morgan fingerprint density at radius 3 is 2.79 bits per heavy atom. The van der Waals surface area contributed by atoms with E-state index in [1.807, 2.05) is 24.3 Å². The van der Waals surface area contributed by atoms with Crippen molar-refractivity contribution in [1.82, 2.24) is 10.3 Å². The second-order valence-corrected chi connectivity index (χ2v) is 9.29. The Morgan fingerprint density at radius 2 is 2.00 bits per heavy atom. The lowest BCUT2D eigenvalue weighted by atomic mass is 10.1. The first-order valence-electron chi connectivity index (χ1n) is 10.6. The SMILES string of the molecule is CCCCc1ccc2nc(NC(=S)NC(=O)C=Cc3ccc(-c4ccc(Cl)cc4)o3)sc2c1. The summed E-state index contributed by atoms with van der Waals surface area (Å²) in [4.78, 5) is 16.8. The van der Waals surface area contributed by atoms with Gasteiger partial charge in [-0.3, -0.25) is 10.1 Å². The molecule has 0 unspecified atom stereocenters. The largest absolute Gasteiger partial charge is 0.457 e. The summed E-state index contributed by atoms with van der Waals surface area (Å²) >= 11 is 12.7. The van der Waals surface area contributed by atoms with Gasteiger partial charge in [0.05, 0.1) is 10.2 Å². The minimum atomic E-state index is -0.361. The molecule has 4 aromatic rings. The molecular formula is C25H22ClN3O2S2. The van der Waals surface area contributed by atoms with Crippen molar-refractivity contribution in [2.75, 3.05) is 5.32 Å². The number of furan rings is 1. The summed E-state index contributed by atoms with van der Waals surface area (Å²) in [5, 5.41) is 7.12. The number of nitrogens with zero attached hydrogens (tertiary/aromatic N) is 1. The molecule has 168 valence electrons. The molecule has 1 amide bonds. The molecule has 0 radical (unpaired) electrons. The molecule has 0 atom stereocenters. The molecule has 0 aliphatic rings. The van der Waals surface area contributed by atoms with Crippen LogP contribution < -0.4 is 10.6 Å². The molecule has 2 aromatic carbocycles. The fraction of sp³-hybridized carbons (Fsp3) is 0.160. The summed E-state index contributed by atoms with van der Waals surface area (Å²) in [7, 11) is 0. The number of carbonyl (C=O) groups is 1. The van der Waals surface area contributed by atoms with Crippen LogP contribution in [-0.4, -0.2) is 16.0 Å². The zero-order valence-electron chi connectivity index (χ0n) is 17.9. The van der Waals surface area contributed by atoms with Crippen LogP contribution in [0.1, 0.15) is 31.1 Å². The number of rotatable bonds is 7. The standard InChI is InChI=1S/C25H22ClN3O2S2/c1-2-3-4-16-5-12-20-22(15-16)33-25(27-20)29-24(32)28-23(30)14-11-19-10-13-21(31-19)17-6-8-18(26)9-7-17/h5-15H,2-4H2,1H3,(H2,27,28,29,30,32). The van der Waals surface area contributed by atoms with Gasteiger partial charge < -0.3 is 9.73 Å². The normalized spacial score (nSPS) is 11.2. The van der Waals surface area contributed by atoms with Crippen LogP contribution in [0.2, 0.25) is 5.02 Å². The van der Waals surface area contributed by atoms with Crippen molar-refractivity contribution < 1.29 is 9.21 Å².